The summed E-state index contributed by atoms with van der Waals surface area (Å²) in [5.41, 5.74) is 7.15. The van der Waals surface area contributed by atoms with Crippen molar-refractivity contribution in [3.05, 3.63) is 35.4 Å². The number of nitrogens with zero attached hydrogens (tertiary/aromatic N) is 3. The molecule has 0 spiro atoms. The first kappa shape index (κ1) is 20.2. The zero-order valence-electron chi connectivity index (χ0n) is 15.9. The Morgan fingerprint density at radius 1 is 1.04 bits per heavy atom. The largest absolute Gasteiger partial charge is 0.373 e. The van der Waals surface area contributed by atoms with Crippen molar-refractivity contribution in [2.45, 2.75) is 32.6 Å². The van der Waals surface area contributed by atoms with E-state index in [1.165, 1.54) is 8.61 Å². The Balaban J connectivity index is 1.61. The van der Waals surface area contributed by atoms with Crippen molar-refractivity contribution < 1.29 is 17.9 Å². The highest BCUT2D eigenvalue weighted by Gasteiger charge is 2.37. The van der Waals surface area contributed by atoms with E-state index >= 15 is 0 Å². The topological polar surface area (TPSA) is 96.2 Å². The molecule has 2 aliphatic heterocycles. The van der Waals surface area contributed by atoms with Crippen molar-refractivity contribution in [3.63, 3.8) is 0 Å². The summed E-state index contributed by atoms with van der Waals surface area (Å²) < 4.78 is 34.5. The summed E-state index contributed by atoms with van der Waals surface area (Å²) in [6, 6.07) is 7.22. The van der Waals surface area contributed by atoms with Gasteiger partial charge in [-0.1, -0.05) is 12.1 Å². The third-order valence-corrected chi connectivity index (χ3v) is 6.97. The Kier molecular flexibility index (Phi) is 6.17. The second-order valence-electron chi connectivity index (χ2n) is 7.17. The third-order valence-electron chi connectivity index (χ3n) is 5.00. The maximum Gasteiger partial charge on any atom is 0.282 e. The molecule has 0 radical (unpaired) electrons. The lowest BCUT2D eigenvalue weighted by Crippen LogP contribution is -2.57. The number of amides is 1. The molecule has 1 amide bonds. The zero-order chi connectivity index (χ0) is 19.6. The fourth-order valence-electron chi connectivity index (χ4n) is 3.57. The second-order valence-corrected chi connectivity index (χ2v) is 9.10. The van der Waals surface area contributed by atoms with E-state index in [-0.39, 0.29) is 18.1 Å². The minimum atomic E-state index is -3.54. The Hall–Kier alpha value is -1.52. The number of ether oxygens (including phenoxy) is 1. The predicted molar refractivity (Wildman–Crippen MR) is 102 cm³/mol. The van der Waals surface area contributed by atoms with Crippen LogP contribution in [0.25, 0.3) is 0 Å². The van der Waals surface area contributed by atoms with Crippen LogP contribution in [0.1, 0.15) is 29.8 Å². The molecule has 1 aromatic carbocycles. The number of benzene rings is 1. The number of morpholine rings is 1. The number of rotatable bonds is 4. The van der Waals surface area contributed by atoms with Gasteiger partial charge in [-0.25, -0.2) is 0 Å². The molecule has 2 atom stereocenters. The Labute approximate surface area is 161 Å². The highest BCUT2D eigenvalue weighted by molar-refractivity contribution is 7.86. The van der Waals surface area contributed by atoms with Gasteiger partial charge in [0, 0.05) is 51.4 Å². The number of piperazine rings is 1. The molecule has 8 nitrogen and oxygen atoms in total. The van der Waals surface area contributed by atoms with Gasteiger partial charge in [0.1, 0.15) is 0 Å². The summed E-state index contributed by atoms with van der Waals surface area (Å²) >= 11 is 0. The monoisotopic (exact) mass is 396 g/mol. The molecule has 2 N–H and O–H groups in total. The molecular formula is C18H28N4O4S. The summed E-state index contributed by atoms with van der Waals surface area (Å²) in [5.74, 6) is -0.0794. The van der Waals surface area contributed by atoms with Gasteiger partial charge in [0.15, 0.2) is 0 Å². The van der Waals surface area contributed by atoms with E-state index in [4.69, 9.17) is 10.5 Å². The first-order valence-electron chi connectivity index (χ1n) is 9.30. The molecule has 0 aromatic heterocycles. The number of carbonyl (C=O) groups is 1. The van der Waals surface area contributed by atoms with Crippen LogP contribution in [0.4, 0.5) is 0 Å². The molecule has 2 aliphatic rings. The molecule has 0 saturated carbocycles. The normalized spacial score (nSPS) is 25.5. The SMILES string of the molecule is CC1CN(S(=O)(=O)N2CCN(C(=O)c3ccc(CN)cc3)CC2)CC(C)O1. The van der Waals surface area contributed by atoms with Crippen molar-refractivity contribution in [1.29, 1.82) is 0 Å². The van der Waals surface area contributed by atoms with Crippen LogP contribution in [-0.2, 0) is 21.5 Å². The lowest BCUT2D eigenvalue weighted by Gasteiger charge is -2.40. The minimum Gasteiger partial charge on any atom is -0.373 e. The van der Waals surface area contributed by atoms with Gasteiger partial charge in [0.2, 0.25) is 0 Å². The number of nitrogens with two attached hydrogens (primary N) is 1. The summed E-state index contributed by atoms with van der Waals surface area (Å²) in [7, 11) is -3.54. The van der Waals surface area contributed by atoms with Gasteiger partial charge in [-0.3, -0.25) is 4.79 Å². The van der Waals surface area contributed by atoms with Crippen molar-refractivity contribution in [2.24, 2.45) is 5.73 Å². The predicted octanol–water partition coefficient (Wildman–Crippen LogP) is 0.257. The molecule has 2 saturated heterocycles. The summed E-state index contributed by atoms with van der Waals surface area (Å²) in [6.45, 7) is 6.28. The fourth-order valence-corrected chi connectivity index (χ4v) is 5.32. The van der Waals surface area contributed by atoms with Gasteiger partial charge in [-0.2, -0.15) is 17.0 Å². The van der Waals surface area contributed by atoms with Gasteiger partial charge >= 0.3 is 0 Å². The van der Waals surface area contributed by atoms with E-state index in [1.807, 2.05) is 26.0 Å². The van der Waals surface area contributed by atoms with Crippen LogP contribution in [0.15, 0.2) is 24.3 Å². The molecule has 3 rings (SSSR count). The van der Waals surface area contributed by atoms with E-state index in [9.17, 15) is 13.2 Å². The molecule has 2 fully saturated rings. The number of hydrogen-bond donors (Lipinski definition) is 1. The van der Waals surface area contributed by atoms with Crippen LogP contribution in [-0.4, -0.2) is 79.3 Å². The van der Waals surface area contributed by atoms with E-state index in [0.29, 0.717) is 51.4 Å². The lowest BCUT2D eigenvalue weighted by atomic mass is 10.1. The molecular weight excluding hydrogens is 368 g/mol. The Morgan fingerprint density at radius 3 is 2.11 bits per heavy atom. The van der Waals surface area contributed by atoms with E-state index < -0.39 is 10.2 Å². The molecule has 150 valence electrons. The van der Waals surface area contributed by atoms with Gasteiger partial charge in [0.25, 0.3) is 16.1 Å². The molecule has 2 heterocycles. The zero-order valence-corrected chi connectivity index (χ0v) is 16.7. The Bertz CT molecular complexity index is 750. The first-order valence-corrected chi connectivity index (χ1v) is 10.7. The number of carbonyl (C=O) groups excluding carboxylic acids is 1. The van der Waals surface area contributed by atoms with Crippen molar-refractivity contribution >= 4 is 16.1 Å². The Morgan fingerprint density at radius 2 is 1.59 bits per heavy atom. The molecule has 0 bridgehead atoms. The minimum absolute atomic E-state index is 0.0794. The van der Waals surface area contributed by atoms with Crippen molar-refractivity contribution in [3.8, 4) is 0 Å². The number of hydrogen-bond acceptors (Lipinski definition) is 5. The summed E-state index contributed by atoms with van der Waals surface area (Å²) in [5, 5.41) is 0. The second kappa shape index (κ2) is 8.24. The first-order chi connectivity index (χ1) is 12.8. The van der Waals surface area contributed by atoms with E-state index in [1.54, 1.807) is 17.0 Å². The molecule has 9 heteroatoms. The van der Waals surface area contributed by atoms with Gasteiger partial charge in [-0.15, -0.1) is 0 Å². The average Bonchev–Trinajstić information content (AvgIpc) is 2.67. The smallest absolute Gasteiger partial charge is 0.282 e. The van der Waals surface area contributed by atoms with Gasteiger partial charge < -0.3 is 15.4 Å². The quantitative estimate of drug-likeness (QED) is 0.787. The van der Waals surface area contributed by atoms with E-state index in [2.05, 4.69) is 0 Å². The average molecular weight is 397 g/mol. The van der Waals surface area contributed by atoms with Crippen molar-refractivity contribution in [1.82, 2.24) is 13.5 Å². The van der Waals surface area contributed by atoms with Crippen LogP contribution in [0.3, 0.4) is 0 Å². The van der Waals surface area contributed by atoms with Crippen LogP contribution >= 0.6 is 0 Å². The van der Waals surface area contributed by atoms with Crippen LogP contribution in [0, 0.1) is 0 Å². The fraction of sp³-hybridized carbons (Fsp3) is 0.611. The molecule has 0 aliphatic carbocycles. The summed E-state index contributed by atoms with van der Waals surface area (Å²) in [4.78, 5) is 14.3. The van der Waals surface area contributed by atoms with Crippen molar-refractivity contribution in [2.75, 3.05) is 39.3 Å². The lowest BCUT2D eigenvalue weighted by molar-refractivity contribution is -0.0457. The van der Waals surface area contributed by atoms with Gasteiger partial charge in [-0.05, 0) is 31.5 Å². The standard InChI is InChI=1S/C18H28N4O4S/c1-14-12-22(13-15(2)26-14)27(24,25)21-9-7-20(8-10-21)18(23)17-5-3-16(11-19)4-6-17/h3-6,14-15H,7-13,19H2,1-2H3. The van der Waals surface area contributed by atoms with E-state index in [0.717, 1.165) is 5.56 Å². The highest BCUT2D eigenvalue weighted by Crippen LogP contribution is 2.19. The highest BCUT2D eigenvalue weighted by atomic mass is 32.2. The van der Waals surface area contributed by atoms with Crippen LogP contribution < -0.4 is 5.73 Å². The maximum absolute atomic E-state index is 12.9. The van der Waals surface area contributed by atoms with Crippen LogP contribution in [0.5, 0.6) is 0 Å². The summed E-state index contributed by atoms with van der Waals surface area (Å²) in [6.07, 6.45) is -0.245. The van der Waals surface area contributed by atoms with Gasteiger partial charge in [0.05, 0.1) is 12.2 Å². The van der Waals surface area contributed by atoms with Crippen LogP contribution in [0.2, 0.25) is 0 Å². The molecule has 1 aromatic rings. The maximum atomic E-state index is 12.9. The molecule has 27 heavy (non-hydrogen) atoms. The third kappa shape index (κ3) is 4.49. The molecule has 2 unspecified atom stereocenters.